The van der Waals surface area contributed by atoms with Crippen molar-refractivity contribution in [1.29, 1.82) is 0 Å². The molecule has 1 N–H and O–H groups in total. The number of anilines is 1. The third kappa shape index (κ3) is 6.01. The molecule has 196 valence electrons. The molecule has 1 amide bonds. The van der Waals surface area contributed by atoms with Crippen molar-refractivity contribution in [2.24, 2.45) is 0 Å². The van der Waals surface area contributed by atoms with Crippen LogP contribution in [0.4, 0.5) is 5.00 Å². The van der Waals surface area contributed by atoms with Crippen molar-refractivity contribution in [3.63, 3.8) is 0 Å². The molecule has 0 aliphatic rings. The van der Waals surface area contributed by atoms with Crippen LogP contribution in [0.15, 0.2) is 78.9 Å². The average Bonchev–Trinajstić information content (AvgIpc) is 3.58. The predicted octanol–water partition coefficient (Wildman–Crippen LogP) is 7.32. The first-order chi connectivity index (χ1) is 18.9. The fourth-order valence-electron chi connectivity index (χ4n) is 3.88. The van der Waals surface area contributed by atoms with Gasteiger partial charge in [0.25, 0.3) is 5.91 Å². The Kier molecular flexibility index (Phi) is 8.02. The quantitative estimate of drug-likeness (QED) is 0.194. The summed E-state index contributed by atoms with van der Waals surface area (Å²) in [7, 11) is 0. The monoisotopic (exact) mass is 576 g/mol. The van der Waals surface area contributed by atoms with Crippen LogP contribution in [0.1, 0.15) is 27.6 Å². The number of para-hydroxylation sites is 1. The SMILES string of the molecule is CCOC(=O)c1cc(-c2ccccc2)sc1NC(=O)COC(=O)c1cc(-c2ccc(Cl)s2)nc2ccccc12. The zero-order valence-electron chi connectivity index (χ0n) is 20.6. The fraction of sp³-hybridized carbons (Fsp3) is 0.103. The van der Waals surface area contributed by atoms with Crippen LogP contribution in [0.5, 0.6) is 0 Å². The van der Waals surface area contributed by atoms with Crippen molar-refractivity contribution in [3.8, 4) is 21.0 Å². The lowest BCUT2D eigenvalue weighted by molar-refractivity contribution is -0.119. The Morgan fingerprint density at radius 3 is 2.33 bits per heavy atom. The molecule has 0 radical (unpaired) electrons. The highest BCUT2D eigenvalue weighted by Crippen LogP contribution is 2.36. The van der Waals surface area contributed by atoms with E-state index in [0.29, 0.717) is 25.9 Å². The predicted molar refractivity (Wildman–Crippen MR) is 155 cm³/mol. The molecule has 0 fully saturated rings. The number of ether oxygens (including phenoxy) is 2. The van der Waals surface area contributed by atoms with Gasteiger partial charge in [0, 0.05) is 10.3 Å². The molecule has 0 aliphatic carbocycles. The third-order valence-corrected chi connectivity index (χ3v) is 7.99. The number of nitrogens with one attached hydrogen (secondary N) is 1. The first-order valence-electron chi connectivity index (χ1n) is 11.9. The van der Waals surface area contributed by atoms with E-state index in [9.17, 15) is 14.4 Å². The van der Waals surface area contributed by atoms with Crippen LogP contribution in [-0.4, -0.2) is 36.0 Å². The highest BCUT2D eigenvalue weighted by atomic mass is 35.5. The van der Waals surface area contributed by atoms with Gasteiger partial charge in [0.2, 0.25) is 0 Å². The molecule has 0 spiro atoms. The summed E-state index contributed by atoms with van der Waals surface area (Å²) in [5, 5.41) is 3.62. The molecular weight excluding hydrogens is 556 g/mol. The van der Waals surface area contributed by atoms with Crippen molar-refractivity contribution in [2.45, 2.75) is 6.92 Å². The standard InChI is InChI=1S/C29H21ClN2O5S2/c1-2-36-29(35)20-15-24(17-8-4-3-5-9-17)39-27(20)32-26(33)16-37-28(34)19-14-22(23-12-13-25(30)38-23)31-21-11-7-6-10-18(19)21/h3-15H,2,16H2,1H3,(H,32,33). The fourth-order valence-corrected chi connectivity index (χ4v) is 5.95. The normalized spacial score (nSPS) is 10.8. The number of amides is 1. The van der Waals surface area contributed by atoms with E-state index in [1.54, 1.807) is 43.3 Å². The van der Waals surface area contributed by atoms with Crippen molar-refractivity contribution in [3.05, 3.63) is 94.3 Å². The number of nitrogens with zero attached hydrogens (tertiary/aromatic N) is 1. The number of rotatable bonds is 8. The summed E-state index contributed by atoms with van der Waals surface area (Å²) in [6.07, 6.45) is 0. The van der Waals surface area contributed by atoms with Crippen LogP contribution in [0, 0.1) is 0 Å². The molecule has 5 aromatic rings. The summed E-state index contributed by atoms with van der Waals surface area (Å²) in [5.74, 6) is -1.80. The maximum absolute atomic E-state index is 13.1. The van der Waals surface area contributed by atoms with Gasteiger partial charge in [-0.3, -0.25) is 4.79 Å². The van der Waals surface area contributed by atoms with E-state index in [1.165, 1.54) is 22.7 Å². The summed E-state index contributed by atoms with van der Waals surface area (Å²) < 4.78 is 11.2. The zero-order chi connectivity index (χ0) is 27.4. The number of hydrogen-bond donors (Lipinski definition) is 1. The lowest BCUT2D eigenvalue weighted by Crippen LogP contribution is -2.21. The molecule has 0 bridgehead atoms. The molecule has 0 saturated heterocycles. The molecule has 3 heterocycles. The Morgan fingerprint density at radius 2 is 1.59 bits per heavy atom. The summed E-state index contributed by atoms with van der Waals surface area (Å²) >= 11 is 8.68. The smallest absolute Gasteiger partial charge is 0.341 e. The molecular formula is C29H21ClN2O5S2. The van der Waals surface area contributed by atoms with Gasteiger partial charge in [0.15, 0.2) is 6.61 Å². The summed E-state index contributed by atoms with van der Waals surface area (Å²) in [4.78, 5) is 44.7. The number of aromatic nitrogens is 1. The van der Waals surface area contributed by atoms with Gasteiger partial charge in [-0.1, -0.05) is 60.1 Å². The van der Waals surface area contributed by atoms with E-state index in [0.717, 1.165) is 15.3 Å². The first kappa shape index (κ1) is 26.6. The van der Waals surface area contributed by atoms with E-state index in [-0.39, 0.29) is 17.7 Å². The lowest BCUT2D eigenvalue weighted by atomic mass is 10.1. The van der Waals surface area contributed by atoms with Crippen molar-refractivity contribution < 1.29 is 23.9 Å². The Bertz CT molecular complexity index is 1680. The maximum Gasteiger partial charge on any atom is 0.341 e. The summed E-state index contributed by atoms with van der Waals surface area (Å²) in [6, 6.07) is 23.6. The molecule has 2 aromatic carbocycles. The largest absolute Gasteiger partial charge is 0.462 e. The minimum Gasteiger partial charge on any atom is -0.462 e. The number of pyridine rings is 1. The number of benzene rings is 2. The molecule has 7 nitrogen and oxygen atoms in total. The van der Waals surface area contributed by atoms with E-state index in [1.807, 2.05) is 42.5 Å². The zero-order valence-corrected chi connectivity index (χ0v) is 23.0. The van der Waals surface area contributed by atoms with Crippen LogP contribution < -0.4 is 5.32 Å². The van der Waals surface area contributed by atoms with Crippen LogP contribution in [0.2, 0.25) is 4.34 Å². The van der Waals surface area contributed by atoms with Gasteiger partial charge in [-0.15, -0.1) is 22.7 Å². The van der Waals surface area contributed by atoms with E-state index < -0.39 is 24.5 Å². The minimum atomic E-state index is -0.672. The third-order valence-electron chi connectivity index (χ3n) is 5.63. The van der Waals surface area contributed by atoms with E-state index in [2.05, 4.69) is 10.3 Å². The number of fused-ring (bicyclic) bond motifs is 1. The lowest BCUT2D eigenvalue weighted by Gasteiger charge is -2.10. The van der Waals surface area contributed by atoms with Gasteiger partial charge in [-0.25, -0.2) is 14.6 Å². The van der Waals surface area contributed by atoms with Crippen LogP contribution in [-0.2, 0) is 14.3 Å². The molecule has 0 atom stereocenters. The minimum absolute atomic E-state index is 0.194. The second-order valence-corrected chi connectivity index (χ2v) is 11.0. The molecule has 0 unspecified atom stereocenters. The highest BCUT2D eigenvalue weighted by molar-refractivity contribution is 7.20. The number of carbonyl (C=O) groups is 3. The van der Waals surface area contributed by atoms with E-state index in [4.69, 9.17) is 21.1 Å². The number of hydrogen-bond acceptors (Lipinski definition) is 8. The maximum atomic E-state index is 13.1. The second kappa shape index (κ2) is 11.8. The highest BCUT2D eigenvalue weighted by Gasteiger charge is 2.21. The molecule has 0 aliphatic heterocycles. The summed E-state index contributed by atoms with van der Waals surface area (Å²) in [6.45, 7) is 1.36. The van der Waals surface area contributed by atoms with Crippen molar-refractivity contribution in [1.82, 2.24) is 4.98 Å². The number of esters is 2. The van der Waals surface area contributed by atoms with Crippen LogP contribution >= 0.6 is 34.3 Å². The van der Waals surface area contributed by atoms with Crippen LogP contribution in [0.25, 0.3) is 31.9 Å². The van der Waals surface area contributed by atoms with E-state index >= 15 is 0 Å². The van der Waals surface area contributed by atoms with Crippen molar-refractivity contribution >= 4 is 68.0 Å². The van der Waals surface area contributed by atoms with Gasteiger partial charge >= 0.3 is 11.9 Å². The second-order valence-electron chi connectivity index (χ2n) is 8.24. The van der Waals surface area contributed by atoms with Gasteiger partial charge in [-0.2, -0.15) is 0 Å². The average molecular weight is 577 g/mol. The van der Waals surface area contributed by atoms with Gasteiger partial charge in [0.05, 0.1) is 38.2 Å². The number of halogens is 1. The topological polar surface area (TPSA) is 94.6 Å². The molecule has 3 aromatic heterocycles. The Morgan fingerprint density at radius 1 is 0.846 bits per heavy atom. The molecule has 39 heavy (non-hydrogen) atoms. The Hall–Kier alpha value is -4.05. The number of carbonyl (C=O) groups excluding carboxylic acids is 3. The Labute approximate surface area is 237 Å². The van der Waals surface area contributed by atoms with Crippen molar-refractivity contribution in [2.75, 3.05) is 18.5 Å². The van der Waals surface area contributed by atoms with Gasteiger partial charge < -0.3 is 14.8 Å². The Balaban J connectivity index is 1.35. The van der Waals surface area contributed by atoms with Gasteiger partial charge in [-0.05, 0) is 42.8 Å². The molecule has 10 heteroatoms. The number of thiophene rings is 2. The molecule has 0 saturated carbocycles. The van der Waals surface area contributed by atoms with Crippen LogP contribution in [0.3, 0.4) is 0 Å². The molecule has 5 rings (SSSR count). The van der Waals surface area contributed by atoms with Gasteiger partial charge in [0.1, 0.15) is 5.00 Å². The first-order valence-corrected chi connectivity index (χ1v) is 13.9. The summed E-state index contributed by atoms with van der Waals surface area (Å²) in [5.41, 5.74) is 2.60.